The van der Waals surface area contributed by atoms with Gasteiger partial charge in [-0.15, -0.1) is 45.3 Å². The van der Waals surface area contributed by atoms with Crippen LogP contribution in [0.5, 0.6) is 0 Å². The van der Waals surface area contributed by atoms with Crippen LogP contribution in [0.3, 0.4) is 0 Å². The molecule has 0 aliphatic rings. The van der Waals surface area contributed by atoms with Crippen LogP contribution in [0, 0.1) is 0 Å². The van der Waals surface area contributed by atoms with Crippen molar-refractivity contribution in [1.29, 1.82) is 0 Å². The Morgan fingerprint density at radius 1 is 0.679 bits per heavy atom. The van der Waals surface area contributed by atoms with Crippen LogP contribution in [-0.2, 0) is 4.79 Å². The molecule has 0 atom stereocenters. The van der Waals surface area contributed by atoms with Gasteiger partial charge < -0.3 is 0 Å². The van der Waals surface area contributed by atoms with Gasteiger partial charge in [0.05, 0.1) is 0 Å². The highest BCUT2D eigenvalue weighted by molar-refractivity contribution is 7.22. The lowest BCUT2D eigenvalue weighted by Gasteiger charge is -2.05. The zero-order chi connectivity index (χ0) is 19.5. The molecule has 4 heterocycles. The first-order valence-electron chi connectivity index (χ1n) is 8.75. The summed E-state index contributed by atoms with van der Waals surface area (Å²) in [7, 11) is 0. The third kappa shape index (κ3) is 4.33. The van der Waals surface area contributed by atoms with Crippen molar-refractivity contribution in [3.63, 3.8) is 0 Å². The van der Waals surface area contributed by atoms with Crippen LogP contribution in [0.4, 0.5) is 0 Å². The maximum absolute atomic E-state index is 12.6. The van der Waals surface area contributed by atoms with Crippen LogP contribution >= 0.6 is 45.3 Å². The smallest absolute Gasteiger partial charge is 0.141 e. The summed E-state index contributed by atoms with van der Waals surface area (Å²) < 4.78 is 0. The number of rotatable bonds is 8. The summed E-state index contributed by atoms with van der Waals surface area (Å²) in [4.78, 5) is 19.7. The van der Waals surface area contributed by atoms with E-state index in [1.807, 2.05) is 0 Å². The molecule has 0 aliphatic heterocycles. The second kappa shape index (κ2) is 8.53. The second-order valence-electron chi connectivity index (χ2n) is 6.38. The first-order chi connectivity index (χ1) is 13.6. The van der Waals surface area contributed by atoms with E-state index in [4.69, 9.17) is 0 Å². The van der Waals surface area contributed by atoms with Gasteiger partial charge in [0.1, 0.15) is 5.78 Å². The Bertz CT molecular complexity index is 1020. The molecular formula is C23H18OS4. The number of thiophene rings is 4. The quantitative estimate of drug-likeness (QED) is 0.270. The van der Waals surface area contributed by atoms with Crippen LogP contribution in [-0.4, -0.2) is 5.78 Å². The van der Waals surface area contributed by atoms with Gasteiger partial charge in [0.25, 0.3) is 0 Å². The van der Waals surface area contributed by atoms with E-state index < -0.39 is 0 Å². The Morgan fingerprint density at radius 2 is 1.14 bits per heavy atom. The Morgan fingerprint density at radius 3 is 1.54 bits per heavy atom. The molecule has 0 saturated heterocycles. The Labute approximate surface area is 181 Å². The molecule has 0 aliphatic carbocycles. The van der Waals surface area contributed by atoms with E-state index in [1.54, 1.807) is 45.3 Å². The molecule has 0 saturated carbocycles. The lowest BCUT2D eigenvalue weighted by molar-refractivity contribution is -0.117. The van der Waals surface area contributed by atoms with Gasteiger partial charge in [0.2, 0.25) is 0 Å². The summed E-state index contributed by atoms with van der Waals surface area (Å²) in [5.41, 5.74) is 1.77. The SMILES string of the molecule is C=C(CC(=O)CC(=C)c1ccc(-c2cccs2)s1)c1ccc(-c2cccs2)s1. The van der Waals surface area contributed by atoms with Crippen molar-refractivity contribution in [3.8, 4) is 19.5 Å². The zero-order valence-electron chi connectivity index (χ0n) is 15.1. The summed E-state index contributed by atoms with van der Waals surface area (Å²) in [6.07, 6.45) is 0.735. The summed E-state index contributed by atoms with van der Waals surface area (Å²) >= 11 is 6.85. The van der Waals surface area contributed by atoms with E-state index >= 15 is 0 Å². The maximum Gasteiger partial charge on any atom is 0.141 e. The lowest BCUT2D eigenvalue weighted by atomic mass is 10.0. The molecule has 0 fully saturated rings. The van der Waals surface area contributed by atoms with Crippen molar-refractivity contribution in [3.05, 3.63) is 82.2 Å². The highest BCUT2D eigenvalue weighted by atomic mass is 32.1. The second-order valence-corrected chi connectivity index (χ2v) is 10.4. The highest BCUT2D eigenvalue weighted by Gasteiger charge is 2.14. The Hall–Kier alpha value is -2.05. The van der Waals surface area contributed by atoms with Crippen LogP contribution < -0.4 is 0 Å². The van der Waals surface area contributed by atoms with Crippen LogP contribution in [0.25, 0.3) is 30.7 Å². The average molecular weight is 439 g/mol. The van der Waals surface area contributed by atoms with Crippen LogP contribution in [0.15, 0.2) is 72.4 Å². The number of Topliss-reactive ketones (excluding diaryl/α,β-unsaturated/α-hetero) is 1. The number of hydrogen-bond donors (Lipinski definition) is 0. The largest absolute Gasteiger partial charge is 0.299 e. The van der Waals surface area contributed by atoms with Gasteiger partial charge in [0, 0.05) is 42.1 Å². The van der Waals surface area contributed by atoms with Gasteiger partial charge in [-0.05, 0) is 58.3 Å². The standard InChI is InChI=1S/C23H18OS4/c1-15(18-7-9-22(27-18)20-5-3-11-25-20)13-17(24)14-16(2)19-8-10-23(28-19)21-6-4-12-26-21/h3-12H,1-2,13-14H2. The normalized spacial score (nSPS) is 10.9. The van der Waals surface area contributed by atoms with Crippen molar-refractivity contribution >= 4 is 62.3 Å². The summed E-state index contributed by atoms with van der Waals surface area (Å²) in [6, 6.07) is 16.7. The first kappa shape index (κ1) is 19.3. The van der Waals surface area contributed by atoms with Gasteiger partial charge >= 0.3 is 0 Å². The molecule has 4 aromatic rings. The average Bonchev–Trinajstić information content (AvgIpc) is 3.49. The first-order valence-corrected chi connectivity index (χ1v) is 12.1. The van der Waals surface area contributed by atoms with E-state index in [0.717, 1.165) is 20.9 Å². The molecule has 4 aromatic heterocycles. The molecular weight excluding hydrogens is 421 g/mol. The molecule has 0 bridgehead atoms. The molecule has 140 valence electrons. The molecule has 0 spiro atoms. The fourth-order valence-corrected chi connectivity index (χ4v) is 6.49. The van der Waals surface area contributed by atoms with Crippen molar-refractivity contribution < 1.29 is 4.79 Å². The lowest BCUT2D eigenvalue weighted by Crippen LogP contribution is -1.99. The van der Waals surface area contributed by atoms with Gasteiger partial charge in [-0.2, -0.15) is 0 Å². The third-order valence-corrected chi connectivity index (χ3v) is 8.76. The molecule has 0 N–H and O–H groups in total. The van der Waals surface area contributed by atoms with Crippen molar-refractivity contribution in [2.75, 3.05) is 0 Å². The number of allylic oxidation sites excluding steroid dienone is 2. The molecule has 28 heavy (non-hydrogen) atoms. The maximum atomic E-state index is 12.6. The van der Waals surface area contributed by atoms with Crippen molar-refractivity contribution in [1.82, 2.24) is 0 Å². The minimum absolute atomic E-state index is 0.159. The topological polar surface area (TPSA) is 17.1 Å². The molecule has 0 amide bonds. The summed E-state index contributed by atoms with van der Waals surface area (Å²) in [5.74, 6) is 0.159. The van der Waals surface area contributed by atoms with E-state index in [9.17, 15) is 4.79 Å². The predicted octanol–water partition coefficient (Wildman–Crippen LogP) is 8.34. The number of carbonyl (C=O) groups is 1. The molecule has 0 aromatic carbocycles. The van der Waals surface area contributed by atoms with E-state index in [1.165, 1.54) is 19.5 Å². The monoisotopic (exact) mass is 438 g/mol. The van der Waals surface area contributed by atoms with Gasteiger partial charge in [-0.3, -0.25) is 4.79 Å². The zero-order valence-corrected chi connectivity index (χ0v) is 18.4. The Balaban J connectivity index is 1.36. The minimum Gasteiger partial charge on any atom is -0.299 e. The fourth-order valence-electron chi connectivity index (χ4n) is 2.87. The van der Waals surface area contributed by atoms with E-state index in [0.29, 0.717) is 12.8 Å². The number of carbonyl (C=O) groups excluding carboxylic acids is 1. The summed E-state index contributed by atoms with van der Waals surface area (Å²) in [6.45, 7) is 8.29. The minimum atomic E-state index is 0.159. The fraction of sp³-hybridized carbons (Fsp3) is 0.0870. The molecule has 4 rings (SSSR count). The number of hydrogen-bond acceptors (Lipinski definition) is 5. The molecule has 5 heteroatoms. The van der Waals surface area contributed by atoms with Crippen LogP contribution in [0.2, 0.25) is 0 Å². The van der Waals surface area contributed by atoms with E-state index in [2.05, 4.69) is 72.4 Å². The highest BCUT2D eigenvalue weighted by Crippen LogP contribution is 2.37. The molecule has 0 unspecified atom stereocenters. The molecule has 1 nitrogen and oxygen atoms in total. The van der Waals surface area contributed by atoms with Crippen LogP contribution in [0.1, 0.15) is 22.6 Å². The predicted molar refractivity (Wildman–Crippen MR) is 128 cm³/mol. The van der Waals surface area contributed by atoms with Crippen molar-refractivity contribution in [2.24, 2.45) is 0 Å². The van der Waals surface area contributed by atoms with Gasteiger partial charge in [-0.1, -0.05) is 25.3 Å². The summed E-state index contributed by atoms with van der Waals surface area (Å²) in [5, 5.41) is 4.15. The van der Waals surface area contributed by atoms with E-state index in [-0.39, 0.29) is 5.78 Å². The third-order valence-electron chi connectivity index (χ3n) is 4.26. The Kier molecular flexibility index (Phi) is 5.87. The van der Waals surface area contributed by atoms with Crippen molar-refractivity contribution in [2.45, 2.75) is 12.8 Å². The molecule has 0 radical (unpaired) electrons. The van der Waals surface area contributed by atoms with Gasteiger partial charge in [0.15, 0.2) is 0 Å². The van der Waals surface area contributed by atoms with Gasteiger partial charge in [-0.25, -0.2) is 0 Å². The number of ketones is 1.